The lowest BCUT2D eigenvalue weighted by Gasteiger charge is -2.49. The van der Waals surface area contributed by atoms with Crippen LogP contribution < -0.4 is 16.6 Å². The van der Waals surface area contributed by atoms with Crippen LogP contribution in [0.15, 0.2) is 146 Å². The number of aromatic nitrogens is 3. The molecule has 4 aromatic carbocycles. The van der Waals surface area contributed by atoms with Gasteiger partial charge in [-0.25, -0.2) is 19.1 Å². The van der Waals surface area contributed by atoms with Gasteiger partial charge in [0.25, 0.3) is 5.91 Å². The van der Waals surface area contributed by atoms with Crippen LogP contribution in [0.4, 0.5) is 0 Å². The molecular formula is C78H93N5O27. The van der Waals surface area contributed by atoms with Gasteiger partial charge >= 0.3 is 17.2 Å². The quantitative estimate of drug-likeness (QED) is 0.0182. The Bertz CT molecular complexity index is 4380. The first-order valence-corrected chi connectivity index (χ1v) is 37.3. The van der Waals surface area contributed by atoms with Crippen LogP contribution in [0, 0.1) is 11.8 Å². The molecule has 6 aliphatic rings. The molecule has 10 N–H and O–H groups in total. The van der Waals surface area contributed by atoms with E-state index in [9.17, 15) is 69.9 Å². The number of likely N-dealkylation sites (tertiary alicyclic amines) is 1. The van der Waals surface area contributed by atoms with Gasteiger partial charge in [0.15, 0.2) is 25.0 Å². The summed E-state index contributed by atoms with van der Waals surface area (Å²) in [5.74, 6) is -4.28. The van der Waals surface area contributed by atoms with E-state index in [0.717, 1.165) is 6.42 Å². The van der Waals surface area contributed by atoms with E-state index in [1.807, 2.05) is 13.0 Å². The number of nitrogens with one attached hydrogen (secondary N) is 1. The van der Waals surface area contributed by atoms with E-state index in [4.69, 9.17) is 56.2 Å². The molecule has 2 saturated carbocycles. The van der Waals surface area contributed by atoms with Crippen molar-refractivity contribution in [2.45, 2.75) is 220 Å². The highest BCUT2D eigenvalue weighted by molar-refractivity contribution is 5.89. The highest BCUT2D eigenvalue weighted by Gasteiger charge is 2.56. The van der Waals surface area contributed by atoms with Crippen molar-refractivity contribution in [1.29, 1.82) is 0 Å². The average molecular weight is 1530 g/mol. The zero-order valence-corrected chi connectivity index (χ0v) is 60.5. The molecule has 110 heavy (non-hydrogen) atoms. The Morgan fingerprint density at radius 1 is 0.600 bits per heavy atom. The zero-order chi connectivity index (χ0) is 77.4. The van der Waals surface area contributed by atoms with E-state index in [-0.39, 0.29) is 79.9 Å². The number of ether oxygens (including phenoxy) is 10. The number of nitrogens with zero attached hydrogens (tertiary/aromatic N) is 4. The van der Waals surface area contributed by atoms with E-state index in [2.05, 4.69) is 15.6 Å². The Labute approximate surface area is 630 Å². The summed E-state index contributed by atoms with van der Waals surface area (Å²) in [7, 11) is 0. The van der Waals surface area contributed by atoms with Crippen LogP contribution in [-0.2, 0) is 75.0 Å². The number of hydrogen-bond donors (Lipinski definition) is 10. The Hall–Kier alpha value is -8.20. The number of esters is 1. The number of ketones is 1. The molecule has 13 rings (SSSR count). The van der Waals surface area contributed by atoms with E-state index < -0.39 is 196 Å². The van der Waals surface area contributed by atoms with Crippen molar-refractivity contribution in [2.75, 3.05) is 32.8 Å². The Kier molecular flexibility index (Phi) is 26.2. The summed E-state index contributed by atoms with van der Waals surface area (Å²) in [6.07, 6.45) is -30.7. The van der Waals surface area contributed by atoms with Gasteiger partial charge in [-0.05, 0) is 88.3 Å². The molecule has 0 bridgehead atoms. The molecule has 10 unspecified atom stereocenters. The highest BCUT2D eigenvalue weighted by Crippen LogP contribution is 2.43. The maximum atomic E-state index is 15.3. The molecule has 0 spiro atoms. The number of fused-ring (bicyclic) bond motifs is 2. The molecule has 4 aliphatic heterocycles. The molecule has 7 heterocycles. The fourth-order valence-electron chi connectivity index (χ4n) is 15.1. The van der Waals surface area contributed by atoms with E-state index in [1.54, 1.807) is 108 Å². The van der Waals surface area contributed by atoms with E-state index in [1.165, 1.54) is 29.8 Å². The van der Waals surface area contributed by atoms with Crippen LogP contribution in [0.2, 0.25) is 0 Å². The van der Waals surface area contributed by atoms with Crippen LogP contribution in [0.25, 0.3) is 33.2 Å². The first-order chi connectivity index (χ1) is 53.2. The molecule has 24 atom stereocenters. The SMILES string of the molecule is CCC[C@H](OC1C(OC(=O)c2ccccc2)[C@H](O[C@@H]2CC(C(=O)CCCNC(=O)[C@H]3CC(OCc4cc5ccccc5oc4=O)C(O)[C@H](O[C@@H]4OC(CO)[C@H](O)[C@@H](OCc5cc6ccccc6oc5=O)C4O)C3)C[C@@H](n3cc(-c4ccccc4)nn3)C2O[C@@H]2OC(C)[C@@H](O)[C@H](O)C2O)O[C@@H](CO)[C@@H]1O)C(=O)N1CCC1. The lowest BCUT2D eigenvalue weighted by atomic mass is 9.78. The number of hydrogen-bond acceptors (Lipinski definition) is 29. The predicted octanol–water partition coefficient (Wildman–Crippen LogP) is 2.03. The van der Waals surface area contributed by atoms with Gasteiger partial charge < -0.3 is 112 Å². The molecule has 592 valence electrons. The van der Waals surface area contributed by atoms with Crippen molar-refractivity contribution in [3.8, 4) is 11.3 Å². The van der Waals surface area contributed by atoms with Gasteiger partial charge in [-0.2, -0.15) is 0 Å². The third-order valence-corrected chi connectivity index (χ3v) is 21.4. The molecule has 0 radical (unpaired) electrons. The van der Waals surface area contributed by atoms with E-state index in [0.29, 0.717) is 52.7 Å². The van der Waals surface area contributed by atoms with Gasteiger partial charge in [0.1, 0.15) is 102 Å². The monoisotopic (exact) mass is 1530 g/mol. The lowest BCUT2D eigenvalue weighted by molar-refractivity contribution is -0.348. The van der Waals surface area contributed by atoms with Crippen molar-refractivity contribution in [3.05, 3.63) is 165 Å². The fourth-order valence-corrected chi connectivity index (χ4v) is 15.1. The van der Waals surface area contributed by atoms with Crippen LogP contribution in [0.1, 0.15) is 99.2 Å². The summed E-state index contributed by atoms with van der Waals surface area (Å²) in [5, 5.41) is 116. The largest absolute Gasteiger partial charge is 0.450 e. The molecule has 4 saturated heterocycles. The van der Waals surface area contributed by atoms with Crippen molar-refractivity contribution in [3.63, 3.8) is 0 Å². The van der Waals surface area contributed by atoms with Gasteiger partial charge in [-0.3, -0.25) is 14.4 Å². The number of carbonyl (C=O) groups excluding carboxylic acids is 4. The van der Waals surface area contributed by atoms with Crippen molar-refractivity contribution in [2.24, 2.45) is 11.8 Å². The van der Waals surface area contributed by atoms with Crippen LogP contribution in [0.5, 0.6) is 0 Å². The Morgan fingerprint density at radius 2 is 1.19 bits per heavy atom. The second-order valence-electron chi connectivity index (χ2n) is 28.9. The van der Waals surface area contributed by atoms with Crippen molar-refractivity contribution >= 4 is 45.5 Å². The summed E-state index contributed by atoms with van der Waals surface area (Å²) >= 11 is 0. The average Bonchev–Trinajstić information content (AvgIpc) is 1.01. The molecule has 2 amide bonds. The summed E-state index contributed by atoms with van der Waals surface area (Å²) < 4.78 is 76.0. The molecule has 32 heteroatoms. The second-order valence-corrected chi connectivity index (χ2v) is 28.9. The highest BCUT2D eigenvalue weighted by atomic mass is 16.8. The third kappa shape index (κ3) is 18.0. The maximum absolute atomic E-state index is 15.3. The molecule has 32 nitrogen and oxygen atoms in total. The topological polar surface area (TPSA) is 449 Å². The number of aliphatic hydroxyl groups excluding tert-OH is 9. The number of carbonyl (C=O) groups is 4. The minimum absolute atomic E-state index is 0.0226. The van der Waals surface area contributed by atoms with Gasteiger partial charge in [0.05, 0.1) is 79.8 Å². The number of aliphatic hydroxyl groups is 9. The van der Waals surface area contributed by atoms with Crippen molar-refractivity contribution in [1.82, 2.24) is 25.2 Å². The minimum atomic E-state index is -1.87. The summed E-state index contributed by atoms with van der Waals surface area (Å²) in [6, 6.07) is 32.5. The van der Waals surface area contributed by atoms with Crippen LogP contribution in [0.3, 0.4) is 0 Å². The smallest absolute Gasteiger partial charge is 0.341 e. The number of para-hydroxylation sites is 2. The van der Waals surface area contributed by atoms with Gasteiger partial charge in [-0.1, -0.05) is 103 Å². The standard InChI is InChI=1S/C78H93N5O27/c1-3-16-54(72(95)82-27-15-28-82)102-69-63(90)59(37-85)108-78(70(69)109-73(96)42-19-8-5-9-20-42)106-57-32-45(31-50(83-35-49(80-81-83)41-17-6-4-7-18-41)67(57)110-76-65(92)64(91)60(87)40(2)101-76)51(86)23-14-26-79-71(94)46-33-55(99-38-47-29-43-21-10-12-24-52(43)103-74(47)97)61(88)56(34-46)105-77-66(93)68(62(89)58(36-84)107-77)100-39-48-30-44-22-11-13-25-53(44)104-75(48)98/h4-13,17-22,24-25,29-30,35,40,45-46,50,54-70,76-78,84-85,87-93H,3,14-16,23,26-28,31-34,36-39H2,1-2H3,(H,79,94)/t40?,45?,46-,50+,54-,55?,56+,57+,58?,59-,60+,61?,62-,63-,64-,65?,66?,67?,68+,69?,70?,76-,77+,78+/m0/s1. The van der Waals surface area contributed by atoms with Crippen LogP contribution >= 0.6 is 0 Å². The summed E-state index contributed by atoms with van der Waals surface area (Å²) in [6.45, 7) is 1.61. The Balaban J connectivity index is 0.766. The molecule has 3 aromatic heterocycles. The molecule has 6 fully saturated rings. The normalized spacial score (nSPS) is 32.2. The molecule has 7 aromatic rings. The minimum Gasteiger partial charge on any atom is -0.450 e. The van der Waals surface area contributed by atoms with Crippen LogP contribution in [-0.4, -0.2) is 251 Å². The number of rotatable bonds is 29. The maximum Gasteiger partial charge on any atom is 0.341 e. The van der Waals surface area contributed by atoms with Crippen molar-refractivity contribution < 1.29 is 121 Å². The third-order valence-electron chi connectivity index (χ3n) is 21.4. The summed E-state index contributed by atoms with van der Waals surface area (Å²) in [4.78, 5) is 86.3. The summed E-state index contributed by atoms with van der Waals surface area (Å²) in [5.41, 5.74) is 0.432. The Morgan fingerprint density at radius 3 is 1.84 bits per heavy atom. The van der Waals surface area contributed by atoms with E-state index >= 15 is 4.79 Å². The first-order valence-electron chi connectivity index (χ1n) is 37.3. The second kappa shape index (κ2) is 36.1. The zero-order valence-electron chi connectivity index (χ0n) is 60.5. The molecular weight excluding hydrogens is 1440 g/mol. The van der Waals surface area contributed by atoms with Gasteiger partial charge in [0.2, 0.25) is 5.91 Å². The molecule has 2 aliphatic carbocycles. The lowest BCUT2D eigenvalue weighted by Crippen LogP contribution is -2.64. The number of benzene rings is 4. The fraction of sp³-hybridized carbons (Fsp3) is 0.538. The predicted molar refractivity (Wildman–Crippen MR) is 382 cm³/mol. The van der Waals surface area contributed by atoms with Gasteiger partial charge in [-0.15, -0.1) is 5.10 Å². The first kappa shape index (κ1) is 79.9. The number of Topliss-reactive ketones (excluding diaryl/α,β-unsaturated/α-hetero) is 1. The number of amides is 2. The van der Waals surface area contributed by atoms with Gasteiger partial charge in [0, 0.05) is 54.2 Å².